The van der Waals surface area contributed by atoms with Crippen LogP contribution in [0.1, 0.15) is 24.8 Å². The first-order valence-electron chi connectivity index (χ1n) is 12.4. The summed E-state index contributed by atoms with van der Waals surface area (Å²) in [6.07, 6.45) is 1.37. The number of aromatic nitrogens is 3. The molecule has 2 aromatic heterocycles. The molecule has 13 heteroatoms. The largest absolute Gasteiger partial charge is 0.497 e. The number of nitrogens with two attached hydrogens (primary N) is 1. The highest BCUT2D eigenvalue weighted by atomic mass is 32.2. The summed E-state index contributed by atoms with van der Waals surface area (Å²) in [4.78, 5) is 24.6. The van der Waals surface area contributed by atoms with E-state index in [4.69, 9.17) is 15.0 Å². The maximum atomic E-state index is 13.1. The summed E-state index contributed by atoms with van der Waals surface area (Å²) in [5.41, 5.74) is 6.66. The molecule has 0 spiro atoms. The fraction of sp³-hybridized carbons (Fsp3) is 0.440. The Morgan fingerprint density at radius 2 is 1.89 bits per heavy atom. The van der Waals surface area contributed by atoms with Crippen LogP contribution < -0.4 is 15.4 Å². The zero-order chi connectivity index (χ0) is 27.3. The molecule has 3 heterocycles. The molecule has 204 valence electrons. The van der Waals surface area contributed by atoms with Gasteiger partial charge in [-0.25, -0.2) is 13.4 Å². The lowest BCUT2D eigenvalue weighted by molar-refractivity contribution is -0.118. The first kappa shape index (κ1) is 27.5. The van der Waals surface area contributed by atoms with Gasteiger partial charge in [0, 0.05) is 57.4 Å². The van der Waals surface area contributed by atoms with Gasteiger partial charge in [-0.05, 0) is 42.8 Å². The predicted molar refractivity (Wildman–Crippen MR) is 141 cm³/mol. The van der Waals surface area contributed by atoms with Gasteiger partial charge >= 0.3 is 0 Å². The second-order valence-corrected chi connectivity index (χ2v) is 10.9. The van der Waals surface area contributed by atoms with Gasteiger partial charge in [-0.2, -0.15) is 9.29 Å². The van der Waals surface area contributed by atoms with E-state index >= 15 is 0 Å². The highest BCUT2D eigenvalue weighted by molar-refractivity contribution is 7.89. The number of carbonyl (C=O) groups is 1. The Labute approximate surface area is 222 Å². The average Bonchev–Trinajstić information content (AvgIpc) is 3.37. The van der Waals surface area contributed by atoms with Crippen LogP contribution in [0.15, 0.2) is 45.9 Å². The van der Waals surface area contributed by atoms with E-state index in [1.54, 1.807) is 27.0 Å². The number of sulfonamides is 1. The van der Waals surface area contributed by atoms with Gasteiger partial charge in [-0.3, -0.25) is 9.69 Å². The van der Waals surface area contributed by atoms with E-state index in [0.29, 0.717) is 23.8 Å². The number of primary amides is 1. The Morgan fingerprint density at radius 3 is 2.50 bits per heavy atom. The number of ether oxygens (including phenoxy) is 1. The van der Waals surface area contributed by atoms with Crippen molar-refractivity contribution in [3.8, 4) is 17.1 Å². The standard InChI is InChI=1S/C25H33N7O5S/c1-4-32(10-9-22(26)33)38(34,35)21-16-27-23(15-18(21)2)31-13-11-30(12-14-31)17-24-28-25(29-37-24)19-5-7-20(36-3)8-6-19/h5-8,15-16H,4,9-14,17H2,1-3H3,(H2,26,33). The minimum absolute atomic E-state index is 0.0334. The molecule has 0 unspecified atom stereocenters. The number of hydrogen-bond donors (Lipinski definition) is 1. The maximum absolute atomic E-state index is 13.1. The minimum atomic E-state index is -3.78. The van der Waals surface area contributed by atoms with Crippen LogP contribution in [0.3, 0.4) is 0 Å². The van der Waals surface area contributed by atoms with E-state index in [1.807, 2.05) is 24.3 Å². The molecule has 1 amide bonds. The van der Waals surface area contributed by atoms with Crippen molar-refractivity contribution < 1.29 is 22.5 Å². The second-order valence-electron chi connectivity index (χ2n) is 9.02. The quantitative estimate of drug-likeness (QED) is 0.378. The Bertz CT molecular complexity index is 1350. The van der Waals surface area contributed by atoms with E-state index < -0.39 is 15.9 Å². The van der Waals surface area contributed by atoms with Gasteiger partial charge in [-0.15, -0.1) is 0 Å². The first-order chi connectivity index (χ1) is 18.2. The summed E-state index contributed by atoms with van der Waals surface area (Å²) in [6, 6.07) is 9.28. The molecule has 4 rings (SSSR count). The molecule has 12 nitrogen and oxygen atoms in total. The van der Waals surface area contributed by atoms with Crippen molar-refractivity contribution in [1.29, 1.82) is 0 Å². The van der Waals surface area contributed by atoms with Crippen molar-refractivity contribution in [2.75, 3.05) is 51.3 Å². The molecular formula is C25H33N7O5S. The lowest BCUT2D eigenvalue weighted by atomic mass is 10.2. The van der Waals surface area contributed by atoms with E-state index in [9.17, 15) is 13.2 Å². The minimum Gasteiger partial charge on any atom is -0.497 e. The SMILES string of the molecule is CCN(CCC(N)=O)S(=O)(=O)c1cnc(N2CCN(Cc3nc(-c4ccc(OC)cc4)no3)CC2)cc1C. The molecule has 0 aliphatic carbocycles. The van der Waals surface area contributed by atoms with Gasteiger partial charge in [0.25, 0.3) is 0 Å². The van der Waals surface area contributed by atoms with Crippen LogP contribution in [0.4, 0.5) is 5.82 Å². The number of rotatable bonds is 11. The van der Waals surface area contributed by atoms with Crippen molar-refractivity contribution in [3.05, 3.63) is 48.0 Å². The molecule has 0 bridgehead atoms. The van der Waals surface area contributed by atoms with Gasteiger partial charge < -0.3 is 19.9 Å². The molecule has 1 saturated heterocycles. The molecule has 0 radical (unpaired) electrons. The smallest absolute Gasteiger partial charge is 0.244 e. The zero-order valence-electron chi connectivity index (χ0n) is 21.8. The third-order valence-electron chi connectivity index (χ3n) is 6.50. The van der Waals surface area contributed by atoms with Crippen LogP contribution in [0, 0.1) is 6.92 Å². The number of pyridine rings is 1. The van der Waals surface area contributed by atoms with Gasteiger partial charge in [0.15, 0.2) is 0 Å². The molecule has 0 saturated carbocycles. The number of amides is 1. The summed E-state index contributed by atoms with van der Waals surface area (Å²) in [5, 5.41) is 4.10. The normalized spacial score (nSPS) is 14.7. The molecular weight excluding hydrogens is 510 g/mol. The van der Waals surface area contributed by atoms with Crippen LogP contribution in [-0.4, -0.2) is 85.0 Å². The number of piperazine rings is 1. The summed E-state index contributed by atoms with van der Waals surface area (Å²) in [5.74, 6) is 2.02. The van der Waals surface area contributed by atoms with Crippen LogP contribution in [0.2, 0.25) is 0 Å². The van der Waals surface area contributed by atoms with Crippen LogP contribution in [0.5, 0.6) is 5.75 Å². The monoisotopic (exact) mass is 543 g/mol. The molecule has 0 atom stereocenters. The summed E-state index contributed by atoms with van der Waals surface area (Å²) in [7, 11) is -2.16. The number of aryl methyl sites for hydroxylation is 1. The number of nitrogens with zero attached hydrogens (tertiary/aromatic N) is 6. The fourth-order valence-corrected chi connectivity index (χ4v) is 5.90. The lowest BCUT2D eigenvalue weighted by Crippen LogP contribution is -2.46. The Hall–Kier alpha value is -3.55. The topological polar surface area (TPSA) is 148 Å². The van der Waals surface area contributed by atoms with Crippen molar-refractivity contribution >= 4 is 21.7 Å². The zero-order valence-corrected chi connectivity index (χ0v) is 22.6. The molecule has 1 fully saturated rings. The summed E-state index contributed by atoms with van der Waals surface area (Å²) >= 11 is 0. The predicted octanol–water partition coefficient (Wildman–Crippen LogP) is 1.66. The summed E-state index contributed by atoms with van der Waals surface area (Å²) < 4.78 is 38.1. The van der Waals surface area contributed by atoms with Gasteiger partial charge in [-0.1, -0.05) is 12.1 Å². The lowest BCUT2D eigenvalue weighted by Gasteiger charge is -2.34. The number of anilines is 1. The second kappa shape index (κ2) is 11.9. The molecule has 2 N–H and O–H groups in total. The van der Waals surface area contributed by atoms with Gasteiger partial charge in [0.2, 0.25) is 27.6 Å². The van der Waals surface area contributed by atoms with E-state index in [2.05, 4.69) is 24.9 Å². The molecule has 1 aromatic carbocycles. The summed E-state index contributed by atoms with van der Waals surface area (Å²) in [6.45, 7) is 7.26. The highest BCUT2D eigenvalue weighted by Gasteiger charge is 2.27. The number of benzene rings is 1. The Kier molecular flexibility index (Phi) is 8.59. The Balaban J connectivity index is 1.35. The first-order valence-corrected chi connectivity index (χ1v) is 13.8. The number of carbonyl (C=O) groups excluding carboxylic acids is 1. The average molecular weight is 544 g/mol. The molecule has 38 heavy (non-hydrogen) atoms. The van der Waals surface area contributed by atoms with Crippen molar-refractivity contribution in [2.45, 2.75) is 31.7 Å². The number of hydrogen-bond acceptors (Lipinski definition) is 10. The van der Waals surface area contributed by atoms with Crippen LogP contribution in [0.25, 0.3) is 11.4 Å². The van der Waals surface area contributed by atoms with Gasteiger partial charge in [0.05, 0.1) is 13.7 Å². The number of methoxy groups -OCH3 is 1. The Morgan fingerprint density at radius 1 is 1.18 bits per heavy atom. The van der Waals surface area contributed by atoms with Crippen LogP contribution in [-0.2, 0) is 21.4 Å². The van der Waals surface area contributed by atoms with Crippen molar-refractivity contribution in [2.24, 2.45) is 5.73 Å². The van der Waals surface area contributed by atoms with Crippen LogP contribution >= 0.6 is 0 Å². The van der Waals surface area contributed by atoms with Gasteiger partial charge in [0.1, 0.15) is 16.5 Å². The van der Waals surface area contributed by atoms with E-state index in [-0.39, 0.29) is 24.4 Å². The highest BCUT2D eigenvalue weighted by Crippen LogP contribution is 2.24. The third kappa shape index (κ3) is 6.29. The van der Waals surface area contributed by atoms with Crippen molar-refractivity contribution in [3.63, 3.8) is 0 Å². The van der Waals surface area contributed by atoms with Crippen molar-refractivity contribution in [1.82, 2.24) is 24.3 Å². The molecule has 1 aliphatic heterocycles. The fourth-order valence-electron chi connectivity index (χ4n) is 4.30. The van der Waals surface area contributed by atoms with E-state index in [1.165, 1.54) is 10.5 Å². The molecule has 1 aliphatic rings. The maximum Gasteiger partial charge on any atom is 0.244 e. The third-order valence-corrected chi connectivity index (χ3v) is 8.60. The molecule has 3 aromatic rings. The van der Waals surface area contributed by atoms with E-state index in [0.717, 1.165) is 43.3 Å².